The molecule has 1 aromatic heterocycles. The van der Waals surface area contributed by atoms with Crippen molar-refractivity contribution in [2.24, 2.45) is 0 Å². The minimum atomic E-state index is -4.81. The maximum atomic E-state index is 11.8. The van der Waals surface area contributed by atoms with E-state index in [1.165, 1.54) is 0 Å². The summed E-state index contributed by atoms with van der Waals surface area (Å²) in [5.74, 6) is -1.85. The maximum absolute atomic E-state index is 11.8. The average molecular weight is 190 g/mol. The number of ketones is 1. The fourth-order valence-corrected chi connectivity index (χ4v) is 1.27. The summed E-state index contributed by atoms with van der Waals surface area (Å²) in [4.78, 5) is 10.5. The second-order valence-electron chi connectivity index (χ2n) is 2.06. The monoisotopic (exact) mass is 190 g/mol. The van der Waals surface area contributed by atoms with E-state index in [0.29, 0.717) is 0 Å². The molecule has 1 nitrogen and oxygen atoms in total. The van der Waals surface area contributed by atoms with Crippen LogP contribution in [0.5, 0.6) is 0 Å². The molecule has 0 aliphatic rings. The summed E-state index contributed by atoms with van der Waals surface area (Å²) in [7, 11) is 5.16. The lowest BCUT2D eigenvalue weighted by atomic mass is 10.1. The molecule has 0 saturated heterocycles. The number of halogens is 3. The van der Waals surface area contributed by atoms with Crippen LogP contribution in [0, 0.1) is 0 Å². The van der Waals surface area contributed by atoms with Crippen molar-refractivity contribution in [3.8, 4) is 0 Å². The lowest BCUT2D eigenvalue weighted by Gasteiger charge is -2.01. The van der Waals surface area contributed by atoms with Crippen LogP contribution in [0.25, 0.3) is 0 Å². The van der Waals surface area contributed by atoms with Gasteiger partial charge in [0.15, 0.2) is 0 Å². The molecule has 0 saturated carbocycles. The number of rotatable bonds is 1. The number of hydrogen-bond donors (Lipinski definition) is 0. The zero-order valence-electron chi connectivity index (χ0n) is 5.68. The summed E-state index contributed by atoms with van der Waals surface area (Å²) < 4.78 is 35.5. The largest absolute Gasteiger partial charge is 0.454 e. The molecule has 0 aliphatic heterocycles. The van der Waals surface area contributed by atoms with E-state index in [1.807, 2.05) is 0 Å². The van der Waals surface area contributed by atoms with Crippen molar-refractivity contribution >= 4 is 29.7 Å². The molecule has 12 heavy (non-hydrogen) atoms. The predicted octanol–water partition coefficient (Wildman–Crippen LogP) is 1.29. The van der Waals surface area contributed by atoms with Crippen molar-refractivity contribution in [1.29, 1.82) is 0 Å². The Hall–Kier alpha value is -0.775. The van der Waals surface area contributed by atoms with E-state index in [2.05, 4.69) is 0 Å². The van der Waals surface area contributed by atoms with E-state index in [1.54, 1.807) is 0 Å². The van der Waals surface area contributed by atoms with Gasteiger partial charge in [-0.25, -0.2) is 0 Å². The topological polar surface area (TPSA) is 17.1 Å². The van der Waals surface area contributed by atoms with Crippen LogP contribution in [0.2, 0.25) is 0 Å². The van der Waals surface area contributed by atoms with Gasteiger partial charge in [0.05, 0.1) is 0 Å². The molecule has 0 amide bonds. The predicted molar refractivity (Wildman–Crippen MR) is 40.1 cm³/mol. The number of carbonyl (C=O) groups excluding carboxylic acids is 1. The fraction of sp³-hybridized carbons (Fsp3) is 0.167. The van der Waals surface area contributed by atoms with Crippen LogP contribution in [0.1, 0.15) is 10.4 Å². The molecule has 0 aliphatic carbocycles. The summed E-state index contributed by atoms with van der Waals surface area (Å²) in [5, 5.41) is 1.09. The normalized spacial score (nSPS) is 11.6. The van der Waals surface area contributed by atoms with Gasteiger partial charge < -0.3 is 0 Å². The number of thiophene rings is 1. The molecule has 1 aromatic rings. The Kier molecular flexibility index (Phi) is 2.28. The van der Waals surface area contributed by atoms with E-state index in [0.717, 1.165) is 22.8 Å². The van der Waals surface area contributed by atoms with Crippen LogP contribution in [0.4, 0.5) is 13.2 Å². The molecule has 0 aromatic carbocycles. The molecule has 0 atom stereocenters. The van der Waals surface area contributed by atoms with Crippen LogP contribution >= 0.6 is 11.3 Å². The van der Waals surface area contributed by atoms with Gasteiger partial charge in [-0.1, -0.05) is 0 Å². The first kappa shape index (κ1) is 9.31. The molecule has 0 spiro atoms. The summed E-state index contributed by atoms with van der Waals surface area (Å²) in [5.41, 5.74) is -0.398. The van der Waals surface area contributed by atoms with Gasteiger partial charge in [-0.05, 0) is 10.8 Å². The third-order valence-corrected chi connectivity index (χ3v) is 1.90. The van der Waals surface area contributed by atoms with E-state index >= 15 is 0 Å². The van der Waals surface area contributed by atoms with Crippen molar-refractivity contribution in [2.75, 3.05) is 0 Å². The summed E-state index contributed by atoms with van der Waals surface area (Å²) in [6.45, 7) is 0. The number of alkyl halides is 3. The third kappa shape index (κ3) is 1.88. The van der Waals surface area contributed by atoms with E-state index in [-0.39, 0.29) is 4.78 Å². The van der Waals surface area contributed by atoms with Gasteiger partial charge in [0.2, 0.25) is 0 Å². The average Bonchev–Trinajstić information content (AvgIpc) is 2.32. The van der Waals surface area contributed by atoms with Gasteiger partial charge in [-0.3, -0.25) is 4.79 Å². The number of Topliss-reactive ketones (excluding diaryl/α,β-unsaturated/α-hetero) is 1. The standard InChI is InChI=1S/C6H2BF3OS/c7-4-1-3(2-12-4)5(11)6(8,9)10/h1-2H. The molecule has 0 bridgehead atoms. The summed E-state index contributed by atoms with van der Waals surface area (Å²) >= 11 is 0.906. The molecule has 0 unspecified atom stereocenters. The van der Waals surface area contributed by atoms with Crippen molar-refractivity contribution in [1.82, 2.24) is 0 Å². The van der Waals surface area contributed by atoms with Gasteiger partial charge in [0.1, 0.15) is 7.85 Å². The van der Waals surface area contributed by atoms with Gasteiger partial charge in [-0.15, -0.1) is 0 Å². The van der Waals surface area contributed by atoms with E-state index in [4.69, 9.17) is 7.85 Å². The molecular formula is C6H2BF3OS. The minimum Gasteiger partial charge on any atom is -0.284 e. The van der Waals surface area contributed by atoms with E-state index < -0.39 is 17.5 Å². The SMILES string of the molecule is [B]c1cc(C(=O)C(F)(F)F)cs1. The fourth-order valence-electron chi connectivity index (χ4n) is 0.636. The Morgan fingerprint density at radius 1 is 1.50 bits per heavy atom. The summed E-state index contributed by atoms with van der Waals surface area (Å²) in [6.07, 6.45) is -4.81. The highest BCUT2D eigenvalue weighted by Gasteiger charge is 2.39. The highest BCUT2D eigenvalue weighted by molar-refractivity contribution is 7.18. The maximum Gasteiger partial charge on any atom is 0.454 e. The zero-order chi connectivity index (χ0) is 9.35. The second kappa shape index (κ2) is 2.93. The van der Waals surface area contributed by atoms with Gasteiger partial charge >= 0.3 is 6.18 Å². The molecule has 0 fully saturated rings. The Labute approximate surface area is 71.6 Å². The lowest BCUT2D eigenvalue weighted by Crippen LogP contribution is -2.22. The molecule has 0 N–H and O–H groups in total. The van der Waals surface area contributed by atoms with Crippen LogP contribution in [-0.4, -0.2) is 19.8 Å². The Bertz CT molecular complexity index is 304. The first-order valence-electron chi connectivity index (χ1n) is 2.87. The molecule has 62 valence electrons. The van der Waals surface area contributed by atoms with Gasteiger partial charge in [0.25, 0.3) is 5.78 Å². The molecule has 2 radical (unpaired) electrons. The highest BCUT2D eigenvalue weighted by Crippen LogP contribution is 2.21. The highest BCUT2D eigenvalue weighted by atomic mass is 32.1. The lowest BCUT2D eigenvalue weighted by molar-refractivity contribution is -0.0884. The molecular weight excluding hydrogens is 188 g/mol. The van der Waals surface area contributed by atoms with Crippen molar-refractivity contribution in [3.63, 3.8) is 0 Å². The first-order valence-corrected chi connectivity index (χ1v) is 3.75. The summed E-state index contributed by atoms with van der Waals surface area (Å²) in [6, 6.07) is 1.01. The zero-order valence-corrected chi connectivity index (χ0v) is 6.50. The quantitative estimate of drug-likeness (QED) is 0.481. The molecule has 1 rings (SSSR count). The Morgan fingerprint density at radius 3 is 2.42 bits per heavy atom. The first-order chi connectivity index (χ1) is 5.41. The minimum absolute atomic E-state index is 0.197. The van der Waals surface area contributed by atoms with Crippen LogP contribution in [-0.2, 0) is 0 Å². The van der Waals surface area contributed by atoms with Crippen molar-refractivity contribution in [2.45, 2.75) is 6.18 Å². The smallest absolute Gasteiger partial charge is 0.284 e. The molecule has 6 heteroatoms. The van der Waals surface area contributed by atoms with E-state index in [9.17, 15) is 18.0 Å². The van der Waals surface area contributed by atoms with Crippen LogP contribution in [0.3, 0.4) is 0 Å². The third-order valence-electron chi connectivity index (χ3n) is 1.14. The van der Waals surface area contributed by atoms with Gasteiger partial charge in [-0.2, -0.15) is 24.5 Å². The number of hydrogen-bond acceptors (Lipinski definition) is 2. The second-order valence-corrected chi connectivity index (χ2v) is 3.01. The van der Waals surface area contributed by atoms with Gasteiger partial charge in [0, 0.05) is 10.9 Å². The Balaban J connectivity index is 2.93. The van der Waals surface area contributed by atoms with Crippen molar-refractivity contribution in [3.05, 3.63) is 17.0 Å². The molecule has 1 heterocycles. The van der Waals surface area contributed by atoms with Crippen LogP contribution in [0.15, 0.2) is 11.4 Å². The van der Waals surface area contributed by atoms with Crippen LogP contribution < -0.4 is 4.78 Å². The van der Waals surface area contributed by atoms with Crippen molar-refractivity contribution < 1.29 is 18.0 Å². The Morgan fingerprint density at radius 2 is 2.08 bits per heavy atom. The number of carbonyl (C=O) groups is 1.